The first-order valence-corrected chi connectivity index (χ1v) is 8.60. The molecule has 7 heteroatoms. The molecule has 2 unspecified atom stereocenters. The molecule has 2 aliphatic rings. The normalized spacial score (nSPS) is 24.8. The Bertz CT molecular complexity index is 564. The van der Waals surface area contributed by atoms with Crippen LogP contribution in [0, 0.1) is 19.3 Å². The van der Waals surface area contributed by atoms with Crippen LogP contribution in [0.25, 0.3) is 0 Å². The second kappa shape index (κ2) is 8.03. The van der Waals surface area contributed by atoms with Crippen molar-refractivity contribution in [2.24, 2.45) is 10.4 Å². The maximum atomic E-state index is 5.90. The summed E-state index contributed by atoms with van der Waals surface area (Å²) in [6, 6.07) is 0.451. The molecule has 2 N–H and O–H groups in total. The van der Waals surface area contributed by atoms with E-state index >= 15 is 0 Å². The van der Waals surface area contributed by atoms with Gasteiger partial charge in [-0.2, -0.15) is 0 Å². The second-order valence-electron chi connectivity index (χ2n) is 6.64. The van der Waals surface area contributed by atoms with Gasteiger partial charge in [-0.15, -0.1) is 24.0 Å². The number of guanidine groups is 1. The van der Waals surface area contributed by atoms with Crippen LogP contribution < -0.4 is 10.6 Å². The molecule has 2 fully saturated rings. The molecule has 0 saturated heterocycles. The van der Waals surface area contributed by atoms with E-state index in [0.717, 1.165) is 30.4 Å². The summed E-state index contributed by atoms with van der Waals surface area (Å²) in [7, 11) is 1.80. The summed E-state index contributed by atoms with van der Waals surface area (Å²) in [5.41, 5.74) is 1.26. The maximum absolute atomic E-state index is 5.90. The number of halogens is 1. The molecule has 1 heterocycles. The summed E-state index contributed by atoms with van der Waals surface area (Å²) < 4.78 is 11.5. The molecule has 2 aliphatic carbocycles. The number of aliphatic imine (C=N–C) groups is 1. The van der Waals surface area contributed by atoms with Crippen molar-refractivity contribution in [2.75, 3.05) is 13.7 Å². The molecule has 24 heavy (non-hydrogen) atoms. The van der Waals surface area contributed by atoms with Gasteiger partial charge >= 0.3 is 0 Å². The van der Waals surface area contributed by atoms with Crippen molar-refractivity contribution in [1.82, 2.24) is 15.6 Å². The fraction of sp³-hybridized carbons (Fsp3) is 0.765. The Balaban J connectivity index is 0.00000208. The summed E-state index contributed by atoms with van der Waals surface area (Å²) in [4.78, 5) is 8.72. The van der Waals surface area contributed by atoms with E-state index in [-0.39, 0.29) is 24.0 Å². The first-order chi connectivity index (χ1) is 11.1. The van der Waals surface area contributed by atoms with E-state index in [2.05, 4.69) is 27.5 Å². The van der Waals surface area contributed by atoms with Crippen LogP contribution in [-0.4, -0.2) is 36.7 Å². The van der Waals surface area contributed by atoms with Crippen molar-refractivity contribution < 1.29 is 9.15 Å². The minimum atomic E-state index is 0. The van der Waals surface area contributed by atoms with E-state index in [0.29, 0.717) is 30.0 Å². The summed E-state index contributed by atoms with van der Waals surface area (Å²) >= 11 is 0. The van der Waals surface area contributed by atoms with Crippen LogP contribution in [0.5, 0.6) is 0 Å². The van der Waals surface area contributed by atoms with E-state index in [1.165, 1.54) is 19.3 Å². The highest BCUT2D eigenvalue weighted by molar-refractivity contribution is 14.0. The largest absolute Gasteiger partial charge is 0.444 e. The SMILES string of the molecule is CCOC1CC(NC(=NC)NCc2nc(C)c(C)o2)C12CCC2.I. The Morgan fingerprint density at radius 3 is 2.67 bits per heavy atom. The van der Waals surface area contributed by atoms with Gasteiger partial charge in [-0.1, -0.05) is 6.42 Å². The lowest BCUT2D eigenvalue weighted by molar-refractivity contribution is -0.168. The number of hydrogen-bond acceptors (Lipinski definition) is 4. The fourth-order valence-corrected chi connectivity index (χ4v) is 3.77. The van der Waals surface area contributed by atoms with Gasteiger partial charge in [0, 0.05) is 25.1 Å². The van der Waals surface area contributed by atoms with Crippen LogP contribution in [0.15, 0.2) is 9.41 Å². The number of aryl methyl sites for hydroxylation is 2. The minimum Gasteiger partial charge on any atom is -0.444 e. The Kier molecular flexibility index (Phi) is 6.52. The van der Waals surface area contributed by atoms with Gasteiger partial charge in [-0.05, 0) is 40.0 Å². The van der Waals surface area contributed by atoms with Gasteiger partial charge in [0.1, 0.15) is 5.76 Å². The molecular weight excluding hydrogens is 419 g/mol. The molecule has 0 aliphatic heterocycles. The van der Waals surface area contributed by atoms with Crippen molar-refractivity contribution >= 4 is 29.9 Å². The number of nitrogens with zero attached hydrogens (tertiary/aromatic N) is 2. The molecule has 0 aromatic carbocycles. The zero-order chi connectivity index (χ0) is 16.4. The zero-order valence-electron chi connectivity index (χ0n) is 15.0. The maximum Gasteiger partial charge on any atom is 0.214 e. The number of aromatic nitrogens is 1. The third-order valence-corrected chi connectivity index (χ3v) is 5.45. The average Bonchev–Trinajstić information content (AvgIpc) is 2.78. The number of nitrogens with one attached hydrogen (secondary N) is 2. The quantitative estimate of drug-likeness (QED) is 0.412. The van der Waals surface area contributed by atoms with Crippen molar-refractivity contribution in [2.45, 2.75) is 65.1 Å². The number of hydrogen-bond donors (Lipinski definition) is 2. The molecule has 6 nitrogen and oxygen atoms in total. The van der Waals surface area contributed by atoms with Crippen LogP contribution in [0.4, 0.5) is 0 Å². The van der Waals surface area contributed by atoms with Gasteiger partial charge in [0.05, 0.1) is 18.3 Å². The van der Waals surface area contributed by atoms with Crippen molar-refractivity contribution in [3.05, 3.63) is 17.3 Å². The number of rotatable bonds is 5. The molecule has 1 aromatic rings. The van der Waals surface area contributed by atoms with Gasteiger partial charge in [-0.3, -0.25) is 4.99 Å². The lowest BCUT2D eigenvalue weighted by Gasteiger charge is -2.61. The lowest BCUT2D eigenvalue weighted by Crippen LogP contribution is -2.68. The molecule has 1 aromatic heterocycles. The van der Waals surface area contributed by atoms with E-state index in [1.807, 2.05) is 13.8 Å². The van der Waals surface area contributed by atoms with Crippen LogP contribution in [0.3, 0.4) is 0 Å². The van der Waals surface area contributed by atoms with Crippen LogP contribution in [0.1, 0.15) is 50.0 Å². The first kappa shape index (κ1) is 19.5. The molecule has 3 rings (SSSR count). The van der Waals surface area contributed by atoms with Crippen molar-refractivity contribution in [1.29, 1.82) is 0 Å². The minimum absolute atomic E-state index is 0. The second-order valence-corrected chi connectivity index (χ2v) is 6.64. The van der Waals surface area contributed by atoms with E-state index in [9.17, 15) is 0 Å². The Morgan fingerprint density at radius 1 is 1.42 bits per heavy atom. The number of ether oxygens (including phenoxy) is 1. The predicted octanol–water partition coefficient (Wildman–Crippen LogP) is 2.92. The van der Waals surface area contributed by atoms with Crippen LogP contribution >= 0.6 is 24.0 Å². The van der Waals surface area contributed by atoms with Gasteiger partial charge in [0.15, 0.2) is 5.96 Å². The van der Waals surface area contributed by atoms with Gasteiger partial charge in [-0.25, -0.2) is 4.98 Å². The molecule has 0 amide bonds. The topological polar surface area (TPSA) is 71.7 Å². The molecule has 0 bridgehead atoms. The van der Waals surface area contributed by atoms with Gasteiger partial charge < -0.3 is 19.8 Å². The molecule has 1 spiro atoms. The summed E-state index contributed by atoms with van der Waals surface area (Å²) in [5.74, 6) is 2.38. The van der Waals surface area contributed by atoms with E-state index in [4.69, 9.17) is 9.15 Å². The van der Waals surface area contributed by atoms with E-state index < -0.39 is 0 Å². The highest BCUT2D eigenvalue weighted by Gasteiger charge is 2.59. The summed E-state index contributed by atoms with van der Waals surface area (Å²) in [6.45, 7) is 7.31. The third kappa shape index (κ3) is 3.56. The summed E-state index contributed by atoms with van der Waals surface area (Å²) in [5, 5.41) is 6.87. The fourth-order valence-electron chi connectivity index (χ4n) is 3.77. The third-order valence-electron chi connectivity index (χ3n) is 5.45. The van der Waals surface area contributed by atoms with Crippen molar-refractivity contribution in [3.63, 3.8) is 0 Å². The predicted molar refractivity (Wildman–Crippen MR) is 105 cm³/mol. The molecule has 136 valence electrons. The Labute approximate surface area is 161 Å². The van der Waals surface area contributed by atoms with E-state index in [1.54, 1.807) is 7.05 Å². The highest BCUT2D eigenvalue weighted by Crippen LogP contribution is 2.57. The first-order valence-electron chi connectivity index (χ1n) is 8.60. The standard InChI is InChI=1S/C17H28N4O2.HI/c1-5-22-14-9-13(17(14)7-6-8-17)21-16(18-4)19-10-15-20-11(2)12(3)23-15;/h13-14H,5-10H2,1-4H3,(H2,18,19,21);1H. The number of oxazole rings is 1. The molecule has 2 atom stereocenters. The molecular formula is C17H29IN4O2. The average molecular weight is 448 g/mol. The smallest absolute Gasteiger partial charge is 0.214 e. The lowest BCUT2D eigenvalue weighted by atomic mass is 9.51. The van der Waals surface area contributed by atoms with Crippen LogP contribution in [-0.2, 0) is 11.3 Å². The van der Waals surface area contributed by atoms with Gasteiger partial charge in [0.2, 0.25) is 5.89 Å². The van der Waals surface area contributed by atoms with Gasteiger partial charge in [0.25, 0.3) is 0 Å². The molecule has 0 radical (unpaired) electrons. The highest BCUT2D eigenvalue weighted by atomic mass is 127. The zero-order valence-corrected chi connectivity index (χ0v) is 17.3. The Hall–Kier alpha value is -0.830. The Morgan fingerprint density at radius 2 is 2.17 bits per heavy atom. The van der Waals surface area contributed by atoms with Crippen molar-refractivity contribution in [3.8, 4) is 0 Å². The molecule has 2 saturated carbocycles. The monoisotopic (exact) mass is 448 g/mol. The summed E-state index contributed by atoms with van der Waals surface area (Å²) in [6.07, 6.45) is 5.29. The van der Waals surface area contributed by atoms with Crippen LogP contribution in [0.2, 0.25) is 0 Å².